The average Bonchev–Trinajstić information content (AvgIpc) is 3.25. The van der Waals surface area contributed by atoms with Crippen LogP contribution in [0.3, 0.4) is 0 Å². The minimum Gasteiger partial charge on any atom is -0.354 e. The lowest BCUT2D eigenvalue weighted by Crippen LogP contribution is -2.10. The van der Waals surface area contributed by atoms with Crippen molar-refractivity contribution < 1.29 is 4.39 Å². The summed E-state index contributed by atoms with van der Waals surface area (Å²) in [6.07, 6.45) is 4.71. The van der Waals surface area contributed by atoms with E-state index in [9.17, 15) is 9.65 Å². The van der Waals surface area contributed by atoms with Gasteiger partial charge in [0.25, 0.3) is 0 Å². The molecule has 0 fully saturated rings. The molecule has 0 amide bonds. The van der Waals surface area contributed by atoms with Gasteiger partial charge in [-0.05, 0) is 30.3 Å². The van der Waals surface area contributed by atoms with Crippen molar-refractivity contribution in [2.24, 2.45) is 0 Å². The Morgan fingerprint density at radius 3 is 2.69 bits per heavy atom. The Balaban J connectivity index is 1.89. The highest BCUT2D eigenvalue weighted by atomic mass is 35.5. The summed E-state index contributed by atoms with van der Waals surface area (Å²) in [4.78, 5) is 13.3. The summed E-state index contributed by atoms with van der Waals surface area (Å²) in [6, 6.07) is 10.0. The first-order valence-corrected chi connectivity index (χ1v) is 9.20. The molecular weight excluding hydrogens is 414 g/mol. The van der Waals surface area contributed by atoms with E-state index in [1.54, 1.807) is 18.6 Å². The Morgan fingerprint density at radius 2 is 2.00 bits per heavy atom. The van der Waals surface area contributed by atoms with Gasteiger partial charge < -0.3 is 15.2 Å². The number of fused-ring (bicyclic) bond motifs is 1. The number of nitrogens with one attached hydrogen (secondary N) is 2. The third kappa shape index (κ3) is 3.56. The van der Waals surface area contributed by atoms with Crippen LogP contribution in [0, 0.1) is 17.1 Å². The Kier molecular flexibility index (Phi) is 4.97. The molecule has 0 unspecified atom stereocenters. The highest BCUT2D eigenvalue weighted by molar-refractivity contribution is 6.36. The molecule has 0 saturated carbocycles. The maximum Gasteiger partial charge on any atom is 0.141 e. The summed E-state index contributed by atoms with van der Waals surface area (Å²) in [5.74, 6) is 0.244. The van der Waals surface area contributed by atoms with E-state index in [0.29, 0.717) is 32.9 Å². The van der Waals surface area contributed by atoms with Gasteiger partial charge in [-0.1, -0.05) is 23.2 Å². The molecule has 0 aliphatic rings. The molecule has 6 nitrogen and oxygen atoms in total. The lowest BCUT2D eigenvalue weighted by molar-refractivity contribution is 0.628. The van der Waals surface area contributed by atoms with E-state index in [-0.39, 0.29) is 5.02 Å². The van der Waals surface area contributed by atoms with Crippen LogP contribution in [-0.4, -0.2) is 22.0 Å². The number of aromatic amines is 1. The van der Waals surface area contributed by atoms with Crippen molar-refractivity contribution in [2.75, 3.05) is 17.3 Å². The Morgan fingerprint density at radius 1 is 1.17 bits per heavy atom. The van der Waals surface area contributed by atoms with Crippen LogP contribution in [0.25, 0.3) is 10.9 Å². The van der Waals surface area contributed by atoms with Crippen molar-refractivity contribution >= 4 is 57.0 Å². The Hall–Kier alpha value is -3.34. The highest BCUT2D eigenvalue weighted by Gasteiger charge is 2.16. The van der Waals surface area contributed by atoms with Crippen LogP contribution >= 0.6 is 23.2 Å². The quantitative estimate of drug-likeness (QED) is 0.431. The third-order valence-corrected chi connectivity index (χ3v) is 5.03. The number of rotatable bonds is 4. The monoisotopic (exact) mass is 426 g/mol. The molecule has 2 heterocycles. The maximum atomic E-state index is 13.5. The zero-order chi connectivity index (χ0) is 20.5. The zero-order valence-electron chi connectivity index (χ0n) is 15.0. The lowest BCUT2D eigenvalue weighted by Gasteiger charge is -2.19. The topological polar surface area (TPSA) is 80.6 Å². The molecule has 2 aromatic carbocycles. The first kappa shape index (κ1) is 19.0. The van der Waals surface area contributed by atoms with Crippen LogP contribution in [-0.2, 0) is 0 Å². The molecular formula is C20H13Cl2FN6. The Bertz CT molecular complexity index is 1250. The number of pyridine rings is 1. The van der Waals surface area contributed by atoms with E-state index >= 15 is 0 Å². The predicted molar refractivity (Wildman–Crippen MR) is 113 cm³/mol. The van der Waals surface area contributed by atoms with E-state index in [1.807, 2.05) is 18.0 Å². The number of hydrogen-bond acceptors (Lipinski definition) is 5. The SMILES string of the molecule is CN(c1cc(Cl)c2ncc(C#N)c(Nc3ccc(F)c(Cl)c3)c2c1)c1cnc[nH]1. The van der Waals surface area contributed by atoms with Crippen LogP contribution in [0.1, 0.15) is 5.56 Å². The van der Waals surface area contributed by atoms with Gasteiger partial charge in [0.1, 0.15) is 17.7 Å². The van der Waals surface area contributed by atoms with Gasteiger partial charge >= 0.3 is 0 Å². The standard InChI is InChI=1S/C20H13Cl2FN6/c1-29(18-9-25-10-27-18)13-5-14-19(28-12-2-3-17(23)15(21)4-12)11(7-24)8-26-20(14)16(22)6-13/h2-6,8-10H,1H3,(H,25,27)(H,26,28). The van der Waals surface area contributed by atoms with Crippen molar-refractivity contribution in [3.8, 4) is 6.07 Å². The number of aromatic nitrogens is 3. The molecule has 0 bridgehead atoms. The predicted octanol–water partition coefficient (Wildman–Crippen LogP) is 5.79. The number of hydrogen-bond donors (Lipinski definition) is 2. The van der Waals surface area contributed by atoms with E-state index in [0.717, 1.165) is 11.5 Å². The fraction of sp³-hybridized carbons (Fsp3) is 0.0500. The number of nitrogens with zero attached hydrogens (tertiary/aromatic N) is 4. The van der Waals surface area contributed by atoms with Crippen molar-refractivity contribution in [3.63, 3.8) is 0 Å². The fourth-order valence-electron chi connectivity index (χ4n) is 2.95. The van der Waals surface area contributed by atoms with Gasteiger partial charge in [-0.25, -0.2) is 9.37 Å². The number of imidazole rings is 1. The van der Waals surface area contributed by atoms with Gasteiger partial charge in [-0.15, -0.1) is 0 Å². The number of nitriles is 1. The minimum atomic E-state index is -0.524. The van der Waals surface area contributed by atoms with Crippen LogP contribution in [0.5, 0.6) is 0 Å². The summed E-state index contributed by atoms with van der Waals surface area (Å²) in [7, 11) is 1.86. The fourth-order valence-corrected chi connectivity index (χ4v) is 3.39. The zero-order valence-corrected chi connectivity index (χ0v) is 16.6. The van der Waals surface area contributed by atoms with E-state index < -0.39 is 5.82 Å². The molecule has 9 heteroatoms. The molecule has 0 spiro atoms. The molecule has 0 radical (unpaired) electrons. The molecule has 4 aromatic rings. The van der Waals surface area contributed by atoms with Crippen molar-refractivity contribution in [1.29, 1.82) is 5.26 Å². The molecule has 2 aromatic heterocycles. The van der Waals surface area contributed by atoms with Gasteiger partial charge in [0, 0.05) is 30.0 Å². The van der Waals surface area contributed by atoms with Crippen molar-refractivity contribution in [3.05, 3.63) is 70.5 Å². The maximum absolute atomic E-state index is 13.5. The van der Waals surface area contributed by atoms with Crippen molar-refractivity contribution in [2.45, 2.75) is 0 Å². The van der Waals surface area contributed by atoms with Crippen molar-refractivity contribution in [1.82, 2.24) is 15.0 Å². The average molecular weight is 427 g/mol. The number of benzene rings is 2. The second-order valence-corrected chi connectivity index (χ2v) is 7.05. The van der Waals surface area contributed by atoms with Gasteiger partial charge in [-0.2, -0.15) is 5.26 Å². The van der Waals surface area contributed by atoms with E-state index in [2.05, 4.69) is 26.3 Å². The van der Waals surface area contributed by atoms with Crippen LogP contribution in [0.4, 0.5) is 27.3 Å². The molecule has 0 atom stereocenters. The largest absolute Gasteiger partial charge is 0.354 e. The van der Waals surface area contributed by atoms with Crippen LogP contribution < -0.4 is 10.2 Å². The summed E-state index contributed by atoms with van der Waals surface area (Å²) in [6.45, 7) is 0. The summed E-state index contributed by atoms with van der Waals surface area (Å²) in [5.41, 5.74) is 2.65. The molecule has 0 saturated heterocycles. The molecule has 29 heavy (non-hydrogen) atoms. The summed E-state index contributed by atoms with van der Waals surface area (Å²) in [5, 5.41) is 13.8. The van der Waals surface area contributed by atoms with E-state index in [1.165, 1.54) is 24.4 Å². The number of H-pyrrole nitrogens is 1. The summed E-state index contributed by atoms with van der Waals surface area (Å²) < 4.78 is 13.5. The lowest BCUT2D eigenvalue weighted by atomic mass is 10.1. The van der Waals surface area contributed by atoms with Crippen LogP contribution in [0.2, 0.25) is 10.0 Å². The summed E-state index contributed by atoms with van der Waals surface area (Å²) >= 11 is 12.4. The van der Waals surface area contributed by atoms with Gasteiger partial charge in [-0.3, -0.25) is 4.98 Å². The van der Waals surface area contributed by atoms with Gasteiger partial charge in [0.05, 0.1) is 39.3 Å². The second kappa shape index (κ2) is 7.59. The minimum absolute atomic E-state index is 0.0235. The second-order valence-electron chi connectivity index (χ2n) is 6.23. The molecule has 0 aliphatic carbocycles. The molecule has 2 N–H and O–H groups in total. The van der Waals surface area contributed by atoms with Crippen LogP contribution in [0.15, 0.2) is 49.1 Å². The smallest absolute Gasteiger partial charge is 0.141 e. The molecule has 144 valence electrons. The number of halogens is 3. The molecule has 4 rings (SSSR count). The third-order valence-electron chi connectivity index (χ3n) is 4.45. The molecule has 0 aliphatic heterocycles. The normalized spacial score (nSPS) is 10.7. The first-order valence-electron chi connectivity index (χ1n) is 8.44. The van der Waals surface area contributed by atoms with Gasteiger partial charge in [0.15, 0.2) is 0 Å². The van der Waals surface area contributed by atoms with E-state index in [4.69, 9.17) is 23.2 Å². The Labute approximate surface area is 175 Å². The highest BCUT2D eigenvalue weighted by Crippen LogP contribution is 2.37. The number of anilines is 4. The van der Waals surface area contributed by atoms with Gasteiger partial charge in [0.2, 0.25) is 0 Å². The first-order chi connectivity index (χ1) is 14.0.